The number of amides is 1. The van der Waals surface area contributed by atoms with Gasteiger partial charge in [0.05, 0.1) is 5.71 Å². The summed E-state index contributed by atoms with van der Waals surface area (Å²) in [6, 6.07) is 33.8. The molecule has 0 saturated carbocycles. The maximum atomic E-state index is 12.6. The average molecular weight is 433 g/mol. The van der Waals surface area contributed by atoms with Gasteiger partial charge >= 0.3 is 0 Å². The summed E-state index contributed by atoms with van der Waals surface area (Å²) in [5.41, 5.74) is 9.78. The van der Waals surface area contributed by atoms with E-state index >= 15 is 0 Å². The first-order chi connectivity index (χ1) is 16.3. The standard InChI is InChI=1S/C29H24N2O2/c32-29(31-30-27-19-18-23-10-4-5-11-25(23)27)24-16-14-21(15-17-24)20-33-28-13-7-6-12-26(28)22-8-2-1-3-9-22/h1-17H,18-20H2,(H,31,32). The van der Waals surface area contributed by atoms with Crippen LogP contribution in [-0.2, 0) is 13.0 Å². The highest BCUT2D eigenvalue weighted by Crippen LogP contribution is 2.30. The van der Waals surface area contributed by atoms with E-state index in [1.54, 1.807) is 12.1 Å². The lowest BCUT2D eigenvalue weighted by Gasteiger charge is -2.12. The van der Waals surface area contributed by atoms with Crippen LogP contribution in [0.15, 0.2) is 108 Å². The average Bonchev–Trinajstić information content (AvgIpc) is 3.30. The Hall–Kier alpha value is -4.18. The summed E-state index contributed by atoms with van der Waals surface area (Å²) in [7, 11) is 0. The Kier molecular flexibility index (Phi) is 5.98. The molecule has 4 heteroatoms. The van der Waals surface area contributed by atoms with Gasteiger partial charge in [0.2, 0.25) is 0 Å². The second-order valence-electron chi connectivity index (χ2n) is 8.00. The highest BCUT2D eigenvalue weighted by molar-refractivity contribution is 6.05. The summed E-state index contributed by atoms with van der Waals surface area (Å²) >= 11 is 0. The highest BCUT2D eigenvalue weighted by atomic mass is 16.5. The molecule has 162 valence electrons. The van der Waals surface area contributed by atoms with Crippen LogP contribution in [0.2, 0.25) is 0 Å². The van der Waals surface area contributed by atoms with Gasteiger partial charge in [0.1, 0.15) is 12.4 Å². The van der Waals surface area contributed by atoms with E-state index in [9.17, 15) is 4.79 Å². The molecular weight excluding hydrogens is 408 g/mol. The number of nitrogens with zero attached hydrogens (tertiary/aromatic N) is 1. The van der Waals surface area contributed by atoms with E-state index in [2.05, 4.69) is 40.9 Å². The molecule has 0 spiro atoms. The number of para-hydroxylation sites is 1. The fourth-order valence-corrected chi connectivity index (χ4v) is 4.07. The van der Waals surface area contributed by atoms with Crippen LogP contribution in [0.4, 0.5) is 0 Å². The number of aryl methyl sites for hydroxylation is 1. The van der Waals surface area contributed by atoms with Crippen LogP contribution < -0.4 is 10.2 Å². The van der Waals surface area contributed by atoms with Crippen molar-refractivity contribution in [3.8, 4) is 16.9 Å². The number of hydrogen-bond donors (Lipinski definition) is 1. The summed E-state index contributed by atoms with van der Waals surface area (Å²) < 4.78 is 6.10. The first-order valence-corrected chi connectivity index (χ1v) is 11.1. The summed E-state index contributed by atoms with van der Waals surface area (Å²) in [6.07, 6.45) is 1.81. The summed E-state index contributed by atoms with van der Waals surface area (Å²) in [5.74, 6) is 0.618. The zero-order valence-corrected chi connectivity index (χ0v) is 18.2. The number of nitrogens with one attached hydrogen (secondary N) is 1. The smallest absolute Gasteiger partial charge is 0.271 e. The summed E-state index contributed by atoms with van der Waals surface area (Å²) in [4.78, 5) is 12.6. The van der Waals surface area contributed by atoms with Crippen molar-refractivity contribution < 1.29 is 9.53 Å². The lowest BCUT2D eigenvalue weighted by atomic mass is 10.0. The van der Waals surface area contributed by atoms with Gasteiger partial charge in [-0.1, -0.05) is 84.9 Å². The van der Waals surface area contributed by atoms with Gasteiger partial charge in [0, 0.05) is 16.7 Å². The Morgan fingerprint density at radius 1 is 0.758 bits per heavy atom. The Morgan fingerprint density at radius 3 is 2.27 bits per heavy atom. The number of carbonyl (C=O) groups is 1. The third-order valence-corrected chi connectivity index (χ3v) is 5.83. The number of rotatable bonds is 6. The van der Waals surface area contributed by atoms with E-state index in [1.807, 2.05) is 60.7 Å². The molecule has 33 heavy (non-hydrogen) atoms. The fourth-order valence-electron chi connectivity index (χ4n) is 4.07. The van der Waals surface area contributed by atoms with E-state index in [-0.39, 0.29) is 5.91 Å². The van der Waals surface area contributed by atoms with Crippen LogP contribution in [0.25, 0.3) is 11.1 Å². The van der Waals surface area contributed by atoms with Gasteiger partial charge in [-0.3, -0.25) is 4.79 Å². The zero-order chi connectivity index (χ0) is 22.5. The first kappa shape index (κ1) is 20.7. The predicted molar refractivity (Wildman–Crippen MR) is 131 cm³/mol. The molecule has 4 aromatic rings. The second-order valence-corrected chi connectivity index (χ2v) is 8.00. The number of carbonyl (C=O) groups excluding carboxylic acids is 1. The molecule has 0 heterocycles. The van der Waals surface area contributed by atoms with Crippen LogP contribution in [0, 0.1) is 0 Å². The Labute approximate surface area is 193 Å². The Morgan fingerprint density at radius 2 is 1.45 bits per heavy atom. The van der Waals surface area contributed by atoms with E-state index in [0.29, 0.717) is 12.2 Å². The van der Waals surface area contributed by atoms with E-state index < -0.39 is 0 Å². The van der Waals surface area contributed by atoms with Gasteiger partial charge in [0.25, 0.3) is 5.91 Å². The van der Waals surface area contributed by atoms with Crippen molar-refractivity contribution >= 4 is 11.6 Å². The van der Waals surface area contributed by atoms with Gasteiger partial charge in [-0.05, 0) is 47.7 Å². The van der Waals surface area contributed by atoms with E-state index in [4.69, 9.17) is 4.74 Å². The molecule has 1 amide bonds. The molecular formula is C29H24N2O2. The van der Waals surface area contributed by atoms with Gasteiger partial charge in [-0.15, -0.1) is 0 Å². The molecule has 0 bridgehead atoms. The van der Waals surface area contributed by atoms with Gasteiger partial charge < -0.3 is 4.74 Å². The van der Waals surface area contributed by atoms with Crippen LogP contribution in [-0.4, -0.2) is 11.6 Å². The number of hydrazone groups is 1. The zero-order valence-electron chi connectivity index (χ0n) is 18.2. The monoisotopic (exact) mass is 432 g/mol. The minimum Gasteiger partial charge on any atom is -0.488 e. The SMILES string of the molecule is O=C(NN=C1CCc2ccccc21)c1ccc(COc2ccccc2-c2ccccc2)cc1. The highest BCUT2D eigenvalue weighted by Gasteiger charge is 2.17. The number of hydrogen-bond acceptors (Lipinski definition) is 3. The molecule has 0 unspecified atom stereocenters. The maximum absolute atomic E-state index is 12.6. The first-order valence-electron chi connectivity index (χ1n) is 11.1. The second kappa shape index (κ2) is 9.53. The maximum Gasteiger partial charge on any atom is 0.271 e. The molecule has 0 aliphatic heterocycles. The van der Waals surface area contributed by atoms with Crippen LogP contribution in [0.5, 0.6) is 5.75 Å². The summed E-state index contributed by atoms with van der Waals surface area (Å²) in [6.45, 7) is 0.421. The molecule has 0 radical (unpaired) electrons. The van der Waals surface area contributed by atoms with Crippen molar-refractivity contribution in [2.75, 3.05) is 0 Å². The molecule has 0 aromatic heterocycles. The van der Waals surface area contributed by atoms with E-state index in [0.717, 1.165) is 46.6 Å². The quantitative estimate of drug-likeness (QED) is 0.379. The fraction of sp³-hybridized carbons (Fsp3) is 0.103. The predicted octanol–water partition coefficient (Wildman–Crippen LogP) is 6.01. The van der Waals surface area contributed by atoms with Crippen LogP contribution >= 0.6 is 0 Å². The molecule has 1 aliphatic carbocycles. The molecule has 0 fully saturated rings. The van der Waals surface area contributed by atoms with Gasteiger partial charge in [-0.25, -0.2) is 5.43 Å². The number of fused-ring (bicyclic) bond motifs is 1. The molecule has 4 aromatic carbocycles. The minimum atomic E-state index is -0.214. The largest absolute Gasteiger partial charge is 0.488 e. The minimum absolute atomic E-state index is 0.214. The molecule has 1 N–H and O–H groups in total. The molecule has 0 saturated heterocycles. The van der Waals surface area contributed by atoms with Crippen LogP contribution in [0.3, 0.4) is 0 Å². The molecule has 0 atom stereocenters. The Balaban J connectivity index is 1.22. The van der Waals surface area contributed by atoms with Crippen molar-refractivity contribution in [1.29, 1.82) is 0 Å². The number of benzene rings is 4. The lowest BCUT2D eigenvalue weighted by Crippen LogP contribution is -2.19. The van der Waals surface area contributed by atoms with Crippen LogP contribution in [0.1, 0.15) is 33.5 Å². The van der Waals surface area contributed by atoms with Gasteiger partial charge in [-0.2, -0.15) is 5.10 Å². The third kappa shape index (κ3) is 4.70. The van der Waals surface area contributed by atoms with Crippen molar-refractivity contribution in [2.45, 2.75) is 19.4 Å². The molecule has 1 aliphatic rings. The van der Waals surface area contributed by atoms with Gasteiger partial charge in [0.15, 0.2) is 0 Å². The van der Waals surface area contributed by atoms with Crippen molar-refractivity contribution in [1.82, 2.24) is 5.43 Å². The molecule has 4 nitrogen and oxygen atoms in total. The lowest BCUT2D eigenvalue weighted by molar-refractivity contribution is 0.0954. The molecule has 5 rings (SSSR count). The normalized spacial score (nSPS) is 13.5. The van der Waals surface area contributed by atoms with Crippen molar-refractivity contribution in [3.05, 3.63) is 125 Å². The van der Waals surface area contributed by atoms with Crippen molar-refractivity contribution in [3.63, 3.8) is 0 Å². The topological polar surface area (TPSA) is 50.7 Å². The Bertz CT molecular complexity index is 1290. The number of ether oxygens (including phenoxy) is 1. The summed E-state index contributed by atoms with van der Waals surface area (Å²) in [5, 5.41) is 4.37. The van der Waals surface area contributed by atoms with Crippen molar-refractivity contribution in [2.24, 2.45) is 5.10 Å². The third-order valence-electron chi connectivity index (χ3n) is 5.83. The van der Waals surface area contributed by atoms with E-state index in [1.165, 1.54) is 5.56 Å².